The van der Waals surface area contributed by atoms with E-state index in [4.69, 9.17) is 0 Å². The van der Waals surface area contributed by atoms with Gasteiger partial charge in [0.15, 0.2) is 0 Å². The van der Waals surface area contributed by atoms with Gasteiger partial charge < -0.3 is 0 Å². The van der Waals surface area contributed by atoms with Crippen molar-refractivity contribution in [1.29, 1.82) is 0 Å². The van der Waals surface area contributed by atoms with Crippen LogP contribution in [0.15, 0.2) is 36.4 Å². The van der Waals surface area contributed by atoms with E-state index in [0.29, 0.717) is 0 Å². The summed E-state index contributed by atoms with van der Waals surface area (Å²) in [7, 11) is 0. The third kappa shape index (κ3) is 4.23. The summed E-state index contributed by atoms with van der Waals surface area (Å²) in [6.07, 6.45) is 2.34. The Morgan fingerprint density at radius 1 is 0.667 bits per heavy atom. The van der Waals surface area contributed by atoms with Crippen LogP contribution in [0.5, 0.6) is 0 Å². The summed E-state index contributed by atoms with van der Waals surface area (Å²) in [5.74, 6) is 0. The summed E-state index contributed by atoms with van der Waals surface area (Å²) < 4.78 is 19.6. The molecule has 2 aromatic rings. The zero-order valence-electron chi connectivity index (χ0n) is 15.3. The standard InChI is InChI=1S/C21H25.2FH.Zr/c1-20(2,3)16-7-9-18-14(12-16)11-15-13-17(21(4,5)6)8-10-19(15)18;;;/h7-13H,1-6H3;2*1H;/q;;;+2/p-2. The Balaban J connectivity index is 0.000000647. The molecule has 0 saturated carbocycles. The number of rotatable bonds is 0. The van der Waals surface area contributed by atoms with Crippen LogP contribution in [0.1, 0.15) is 63.8 Å². The summed E-state index contributed by atoms with van der Waals surface area (Å²) in [4.78, 5) is 0. The first kappa shape index (κ1) is 19.5. The second-order valence-electron chi connectivity index (χ2n) is 8.32. The number of hydrogen-bond donors (Lipinski definition) is 0. The first-order chi connectivity index (χ1) is 11.1. The molecule has 0 heterocycles. The first-order valence-electron chi connectivity index (χ1n) is 8.18. The van der Waals surface area contributed by atoms with Gasteiger partial charge in [-0.25, -0.2) is 0 Å². The van der Waals surface area contributed by atoms with Crippen molar-refractivity contribution in [1.82, 2.24) is 0 Å². The normalized spacial score (nSPS) is 12.8. The fourth-order valence-electron chi connectivity index (χ4n) is 2.96. The molecule has 24 heavy (non-hydrogen) atoms. The summed E-state index contributed by atoms with van der Waals surface area (Å²) >= 11 is -2.77. The van der Waals surface area contributed by atoms with Crippen LogP contribution in [0.4, 0.5) is 5.25 Å². The molecular weight excluding hydrogens is 381 g/mol. The maximum atomic E-state index is 9.80. The van der Waals surface area contributed by atoms with Crippen LogP contribution in [0.3, 0.4) is 0 Å². The Morgan fingerprint density at radius 3 is 1.29 bits per heavy atom. The zero-order valence-corrected chi connectivity index (χ0v) is 17.8. The van der Waals surface area contributed by atoms with Gasteiger partial charge in [0.25, 0.3) is 0 Å². The van der Waals surface area contributed by atoms with Crippen LogP contribution in [0, 0.1) is 6.42 Å². The molecule has 0 bridgehead atoms. The van der Waals surface area contributed by atoms with Gasteiger partial charge in [-0.05, 0) is 44.2 Å². The van der Waals surface area contributed by atoms with Crippen molar-refractivity contribution in [2.75, 3.05) is 0 Å². The Labute approximate surface area is 158 Å². The molecular formula is C21H25F2Zr. The van der Waals surface area contributed by atoms with Crippen LogP contribution in [0.25, 0.3) is 11.1 Å². The molecule has 1 aliphatic carbocycles. The van der Waals surface area contributed by atoms with Crippen molar-refractivity contribution >= 4 is 0 Å². The van der Waals surface area contributed by atoms with E-state index in [1.54, 1.807) is 0 Å². The van der Waals surface area contributed by atoms with Gasteiger partial charge in [0.2, 0.25) is 0 Å². The molecule has 0 fully saturated rings. The van der Waals surface area contributed by atoms with E-state index in [2.05, 4.69) is 84.4 Å². The van der Waals surface area contributed by atoms with E-state index >= 15 is 0 Å². The Bertz CT molecular complexity index is 660. The second-order valence-corrected chi connectivity index (χ2v) is 8.67. The molecule has 127 valence electrons. The first-order valence-corrected chi connectivity index (χ1v) is 10.0. The van der Waals surface area contributed by atoms with Crippen molar-refractivity contribution in [2.24, 2.45) is 0 Å². The van der Waals surface area contributed by atoms with Crippen molar-refractivity contribution in [2.45, 2.75) is 52.4 Å². The molecule has 0 amide bonds. The SMILES string of the molecule is CC(C)(C)c1ccc2c(c1)[CH]c1cc(C(C)(C)C)ccc1-2.[F][Zr][F]. The molecule has 0 unspecified atom stereocenters. The van der Waals surface area contributed by atoms with Gasteiger partial charge in [-0.15, -0.1) is 0 Å². The number of hydrogen-bond acceptors (Lipinski definition) is 0. The molecule has 0 nitrogen and oxygen atoms in total. The second kappa shape index (κ2) is 7.20. The van der Waals surface area contributed by atoms with Crippen molar-refractivity contribution < 1.29 is 29.7 Å². The predicted octanol–water partition coefficient (Wildman–Crippen LogP) is 6.70. The van der Waals surface area contributed by atoms with Crippen LogP contribution < -0.4 is 0 Å². The van der Waals surface area contributed by atoms with Gasteiger partial charge in [0.05, 0.1) is 0 Å². The van der Waals surface area contributed by atoms with Crippen LogP contribution >= 0.6 is 0 Å². The number of fused-ring (bicyclic) bond motifs is 3. The average Bonchev–Trinajstić information content (AvgIpc) is 2.82. The average molecular weight is 407 g/mol. The minimum atomic E-state index is -2.77. The fraction of sp³-hybridized carbons (Fsp3) is 0.381. The molecule has 0 atom stereocenters. The summed E-state index contributed by atoms with van der Waals surface area (Å²) in [5, 5.41) is 0. The van der Waals surface area contributed by atoms with E-state index in [1.165, 1.54) is 33.4 Å². The fourth-order valence-corrected chi connectivity index (χ4v) is 2.96. The molecule has 0 saturated heterocycles. The molecule has 0 aliphatic heterocycles. The zero-order chi connectivity index (χ0) is 18.1. The number of benzene rings is 2. The van der Waals surface area contributed by atoms with E-state index in [-0.39, 0.29) is 10.8 Å². The monoisotopic (exact) mass is 405 g/mol. The van der Waals surface area contributed by atoms with Gasteiger partial charge in [-0.1, -0.05) is 77.9 Å². The summed E-state index contributed by atoms with van der Waals surface area (Å²) in [6, 6.07) is 13.8. The van der Waals surface area contributed by atoms with Crippen molar-refractivity contribution in [3.8, 4) is 11.1 Å². The van der Waals surface area contributed by atoms with E-state index < -0.39 is 24.5 Å². The Kier molecular flexibility index (Phi) is 5.85. The minimum absolute atomic E-state index is 0.203. The van der Waals surface area contributed by atoms with Crippen molar-refractivity contribution in [3.63, 3.8) is 0 Å². The molecule has 0 N–H and O–H groups in total. The third-order valence-corrected chi connectivity index (χ3v) is 4.44. The molecule has 3 rings (SSSR count). The maximum absolute atomic E-state index is 9.80. The molecule has 1 aliphatic rings. The van der Waals surface area contributed by atoms with Crippen molar-refractivity contribution in [3.05, 3.63) is 65.1 Å². The van der Waals surface area contributed by atoms with Crippen LogP contribution in [-0.2, 0) is 35.3 Å². The van der Waals surface area contributed by atoms with Gasteiger partial charge >= 0.3 is 29.7 Å². The van der Waals surface area contributed by atoms with Gasteiger partial charge in [0, 0.05) is 6.42 Å². The third-order valence-electron chi connectivity index (χ3n) is 4.44. The topological polar surface area (TPSA) is 0 Å². The van der Waals surface area contributed by atoms with Gasteiger partial charge in [-0.2, -0.15) is 0 Å². The van der Waals surface area contributed by atoms with Crippen LogP contribution in [-0.4, -0.2) is 0 Å². The number of halogens is 2. The summed E-state index contributed by atoms with van der Waals surface area (Å²) in [6.45, 7) is 13.6. The molecule has 3 heteroatoms. The molecule has 0 aromatic heterocycles. The predicted molar refractivity (Wildman–Crippen MR) is 94.0 cm³/mol. The van der Waals surface area contributed by atoms with E-state index in [1.807, 2.05) is 0 Å². The van der Waals surface area contributed by atoms with E-state index in [0.717, 1.165) is 0 Å². The van der Waals surface area contributed by atoms with E-state index in [9.17, 15) is 5.25 Å². The molecule has 0 spiro atoms. The van der Waals surface area contributed by atoms with Gasteiger partial charge in [0.1, 0.15) is 0 Å². The Morgan fingerprint density at radius 2 is 1.00 bits per heavy atom. The summed E-state index contributed by atoms with van der Waals surface area (Å²) in [5.41, 5.74) is 8.69. The Hall–Kier alpha value is -0.817. The molecule has 1 radical (unpaired) electrons. The van der Waals surface area contributed by atoms with Gasteiger partial charge in [-0.3, -0.25) is 0 Å². The van der Waals surface area contributed by atoms with Crippen LogP contribution in [0.2, 0.25) is 0 Å². The quantitative estimate of drug-likeness (QED) is 0.390. The molecule has 2 aromatic carbocycles.